The number of sulfonamides is 1. The Morgan fingerprint density at radius 3 is 1.50 bits per heavy atom. The molecule has 0 aliphatic rings. The Labute approximate surface area is 50.6 Å². The minimum atomic E-state index is -3.42. The van der Waals surface area contributed by atoms with E-state index >= 15 is 0 Å². The van der Waals surface area contributed by atoms with Crippen LogP contribution in [0.25, 0.3) is 5.14 Å². The number of nitrogens with one attached hydrogen (secondary N) is 1. The quantitative estimate of drug-likeness (QED) is 0.627. The third-order valence-electron chi connectivity index (χ3n) is 0. The van der Waals surface area contributed by atoms with Gasteiger partial charge in [0.1, 0.15) is 0 Å². The van der Waals surface area contributed by atoms with Crippen LogP contribution in [0.5, 0.6) is 0 Å². The molecule has 0 spiro atoms. The van der Waals surface area contributed by atoms with E-state index in [0.717, 1.165) is 6.26 Å². The summed E-state index contributed by atoms with van der Waals surface area (Å²) in [6.07, 6.45) is 0.826. The van der Waals surface area contributed by atoms with Crippen LogP contribution in [0.4, 0.5) is 0 Å². The van der Waals surface area contributed by atoms with Crippen LogP contribution in [0.3, 0.4) is 0 Å². The summed E-state index contributed by atoms with van der Waals surface area (Å²) in [6.45, 7) is 0. The van der Waals surface area contributed by atoms with Crippen molar-refractivity contribution >= 4 is 10.0 Å². The normalized spacial score (nSPS) is 9.67. The minimum absolute atomic E-state index is 0. The summed E-state index contributed by atoms with van der Waals surface area (Å²) in [6, 6.07) is 0. The fraction of sp³-hybridized carbons (Fsp3) is 1.00. The van der Waals surface area contributed by atoms with Crippen LogP contribution in [-0.2, 0) is 30.4 Å². The molecule has 6 heavy (non-hydrogen) atoms. The molecule has 0 unspecified atom stereocenters. The van der Waals surface area contributed by atoms with Gasteiger partial charge in [0.25, 0.3) is 0 Å². The smallest absolute Gasteiger partial charge is 0.0670 e. The molecule has 0 bridgehead atoms. The van der Waals surface area contributed by atoms with Crippen LogP contribution in [0.15, 0.2) is 0 Å². The molecule has 0 saturated carbocycles. The Balaban J connectivity index is 0. The predicted octanol–water partition coefficient (Wildman–Crippen LogP) is -0.00430. The number of hydrogen-bond acceptors (Lipinski definition) is 2. The van der Waals surface area contributed by atoms with E-state index in [2.05, 4.69) is 0 Å². The predicted molar refractivity (Wildman–Crippen MR) is 19.2 cm³/mol. The van der Waals surface area contributed by atoms with Crippen LogP contribution < -0.4 is 0 Å². The first-order valence-corrected chi connectivity index (χ1v) is 2.84. The molecule has 0 heterocycles. The van der Waals surface area contributed by atoms with Crippen molar-refractivity contribution in [2.75, 3.05) is 6.26 Å². The molecular formula is CH4NO2ReS-. The van der Waals surface area contributed by atoms with Gasteiger partial charge in [-0.3, -0.25) is 0 Å². The molecule has 0 rings (SSSR count). The second kappa shape index (κ2) is 2.70. The van der Waals surface area contributed by atoms with Crippen LogP contribution in [0, 0.1) is 0 Å². The standard InChI is InChI=1S/CH4NO2S.Re/c1-5(2,3)4;/h1H3,(H-,2,3,4);/q-1;. The van der Waals surface area contributed by atoms with E-state index in [1.807, 2.05) is 0 Å². The third-order valence-corrected chi connectivity index (χ3v) is 0. The topological polar surface area (TPSA) is 57.9 Å². The van der Waals surface area contributed by atoms with E-state index in [9.17, 15) is 8.42 Å². The van der Waals surface area contributed by atoms with Gasteiger partial charge in [-0.1, -0.05) is 0 Å². The van der Waals surface area contributed by atoms with Gasteiger partial charge in [0, 0.05) is 26.7 Å². The maximum absolute atomic E-state index is 9.30. The minimum Gasteiger partial charge on any atom is -0.564 e. The van der Waals surface area contributed by atoms with Crippen molar-refractivity contribution < 1.29 is 28.8 Å². The zero-order valence-electron chi connectivity index (χ0n) is 3.10. The van der Waals surface area contributed by atoms with Gasteiger partial charge in [-0.15, -0.1) is 0 Å². The summed E-state index contributed by atoms with van der Waals surface area (Å²) in [7, 11) is -3.42. The molecule has 0 atom stereocenters. The molecule has 0 aromatic carbocycles. The summed E-state index contributed by atoms with van der Waals surface area (Å²) >= 11 is 0. The molecule has 0 fully saturated rings. The van der Waals surface area contributed by atoms with Gasteiger partial charge in [0.05, 0.1) is 10.0 Å². The van der Waals surface area contributed by atoms with Crippen molar-refractivity contribution in [1.29, 1.82) is 0 Å². The van der Waals surface area contributed by atoms with Gasteiger partial charge in [0.15, 0.2) is 0 Å². The largest absolute Gasteiger partial charge is 0.564 e. The average Bonchev–Trinajstić information content (AvgIpc) is 0.722. The Hall–Kier alpha value is 0.572. The summed E-state index contributed by atoms with van der Waals surface area (Å²) in [4.78, 5) is 0. The average molecular weight is 280 g/mol. The Morgan fingerprint density at radius 2 is 1.50 bits per heavy atom. The number of hydrogen-bond donors (Lipinski definition) is 0. The van der Waals surface area contributed by atoms with Crippen molar-refractivity contribution in [3.05, 3.63) is 5.14 Å². The van der Waals surface area contributed by atoms with E-state index in [0.29, 0.717) is 0 Å². The van der Waals surface area contributed by atoms with Gasteiger partial charge >= 0.3 is 0 Å². The molecule has 0 saturated heterocycles. The van der Waals surface area contributed by atoms with Gasteiger partial charge in [-0.2, -0.15) is 0 Å². The number of rotatable bonds is 0. The fourth-order valence-electron chi connectivity index (χ4n) is 0. The second-order valence-corrected chi connectivity index (χ2v) is 2.32. The SMILES string of the molecule is CS([NH-])(=O)=O.[Re]. The zero-order valence-corrected chi connectivity index (χ0v) is 6.64. The van der Waals surface area contributed by atoms with Crippen molar-refractivity contribution in [2.45, 2.75) is 0 Å². The summed E-state index contributed by atoms with van der Waals surface area (Å²) in [5.41, 5.74) is 0. The molecule has 1 radical (unpaired) electrons. The summed E-state index contributed by atoms with van der Waals surface area (Å²) in [5.74, 6) is 0. The first kappa shape index (κ1) is 9.76. The van der Waals surface area contributed by atoms with Crippen LogP contribution >= 0.6 is 0 Å². The van der Waals surface area contributed by atoms with E-state index in [-0.39, 0.29) is 20.4 Å². The van der Waals surface area contributed by atoms with Crippen molar-refractivity contribution in [3.63, 3.8) is 0 Å². The van der Waals surface area contributed by atoms with E-state index in [1.54, 1.807) is 0 Å². The van der Waals surface area contributed by atoms with Crippen molar-refractivity contribution in [1.82, 2.24) is 0 Å². The summed E-state index contributed by atoms with van der Waals surface area (Å²) in [5, 5.41) is 5.91. The maximum atomic E-state index is 9.30. The van der Waals surface area contributed by atoms with Crippen LogP contribution in [0.1, 0.15) is 0 Å². The monoisotopic (exact) mass is 281 g/mol. The van der Waals surface area contributed by atoms with Crippen molar-refractivity contribution in [3.8, 4) is 0 Å². The van der Waals surface area contributed by atoms with E-state index in [4.69, 9.17) is 5.14 Å². The van der Waals surface area contributed by atoms with Crippen LogP contribution in [-0.4, -0.2) is 14.7 Å². The molecule has 0 aliphatic heterocycles. The second-order valence-electron chi connectivity index (χ2n) is 0.772. The Morgan fingerprint density at radius 1 is 1.50 bits per heavy atom. The molecule has 39 valence electrons. The van der Waals surface area contributed by atoms with Crippen LogP contribution in [0.2, 0.25) is 0 Å². The van der Waals surface area contributed by atoms with Gasteiger partial charge < -0.3 is 5.14 Å². The third kappa shape index (κ3) is 178. The Kier molecular flexibility index (Phi) is 4.39. The molecule has 0 aromatic heterocycles. The van der Waals surface area contributed by atoms with E-state index in [1.165, 1.54) is 0 Å². The van der Waals surface area contributed by atoms with Gasteiger partial charge in [-0.05, 0) is 0 Å². The first-order chi connectivity index (χ1) is 2.00. The maximum Gasteiger partial charge on any atom is 0.0670 e. The van der Waals surface area contributed by atoms with Gasteiger partial charge in [-0.25, -0.2) is 8.42 Å². The fourth-order valence-corrected chi connectivity index (χ4v) is 0. The Bertz CT molecular complexity index is 96.7. The molecule has 0 amide bonds. The molecule has 0 aliphatic carbocycles. The van der Waals surface area contributed by atoms with Gasteiger partial charge in [0.2, 0.25) is 0 Å². The van der Waals surface area contributed by atoms with E-state index < -0.39 is 10.0 Å². The molecule has 0 aromatic rings. The molecule has 1 N–H and O–H groups in total. The molecular weight excluding hydrogens is 276 g/mol. The first-order valence-electron chi connectivity index (χ1n) is 0.946. The van der Waals surface area contributed by atoms with Crippen molar-refractivity contribution in [2.24, 2.45) is 0 Å². The summed E-state index contributed by atoms with van der Waals surface area (Å²) < 4.78 is 18.6. The molecule has 5 heteroatoms. The molecule has 3 nitrogen and oxygen atoms in total. The zero-order chi connectivity index (χ0) is 4.50.